The van der Waals surface area contributed by atoms with Gasteiger partial charge in [0.2, 0.25) is 15.9 Å². The van der Waals surface area contributed by atoms with Crippen LogP contribution in [0.25, 0.3) is 0 Å². The van der Waals surface area contributed by atoms with Crippen LogP contribution >= 0.6 is 0 Å². The minimum atomic E-state index is -3.53. The third-order valence-corrected chi connectivity index (χ3v) is 7.16. The minimum Gasteiger partial charge on any atom is -0.356 e. The Morgan fingerprint density at radius 1 is 1.15 bits per heavy atom. The molecule has 3 N–H and O–H groups in total. The zero-order valence-corrected chi connectivity index (χ0v) is 16.9. The van der Waals surface area contributed by atoms with Crippen LogP contribution < -0.4 is 11.1 Å². The number of sulfonamides is 1. The lowest BCUT2D eigenvalue weighted by atomic mass is 9.97. The third kappa shape index (κ3) is 4.84. The Bertz CT molecular complexity index is 715. The monoisotopic (exact) mass is 381 g/mol. The summed E-state index contributed by atoms with van der Waals surface area (Å²) in [6.07, 6.45) is 2.89. The highest BCUT2D eigenvalue weighted by Crippen LogP contribution is 2.28. The van der Waals surface area contributed by atoms with Gasteiger partial charge in [0.15, 0.2) is 0 Å². The van der Waals surface area contributed by atoms with Gasteiger partial charge < -0.3 is 11.1 Å². The van der Waals surface area contributed by atoms with Crippen LogP contribution in [0.15, 0.2) is 17.0 Å². The summed E-state index contributed by atoms with van der Waals surface area (Å²) in [5.41, 5.74) is 8.07. The lowest BCUT2D eigenvalue weighted by molar-refractivity contribution is -0.126. The minimum absolute atomic E-state index is 0.0294. The Morgan fingerprint density at radius 3 is 2.27 bits per heavy atom. The molecule has 0 atom stereocenters. The molecule has 2 rings (SSSR count). The summed E-state index contributed by atoms with van der Waals surface area (Å²) in [5.74, 6) is -0.0821. The summed E-state index contributed by atoms with van der Waals surface area (Å²) in [5, 5.41) is 2.93. The second-order valence-electron chi connectivity index (χ2n) is 7.19. The van der Waals surface area contributed by atoms with E-state index >= 15 is 0 Å². The normalized spacial score (nSPS) is 16.6. The predicted molar refractivity (Wildman–Crippen MR) is 103 cm³/mol. The van der Waals surface area contributed by atoms with Gasteiger partial charge in [-0.2, -0.15) is 4.31 Å². The number of rotatable bonds is 7. The van der Waals surface area contributed by atoms with Gasteiger partial charge in [-0.05, 0) is 64.1 Å². The number of aryl methyl sites for hydroxylation is 3. The topological polar surface area (TPSA) is 92.5 Å². The maximum atomic E-state index is 13.1. The molecular formula is C19H31N3O3S. The average molecular weight is 382 g/mol. The van der Waals surface area contributed by atoms with Gasteiger partial charge in [0.05, 0.1) is 4.90 Å². The molecular weight excluding hydrogens is 350 g/mol. The molecule has 146 valence electrons. The quantitative estimate of drug-likeness (QED) is 0.705. The van der Waals surface area contributed by atoms with E-state index in [1.54, 1.807) is 0 Å². The second-order valence-corrected chi connectivity index (χ2v) is 9.07. The van der Waals surface area contributed by atoms with Crippen molar-refractivity contribution in [2.75, 3.05) is 26.2 Å². The van der Waals surface area contributed by atoms with Crippen molar-refractivity contribution in [3.8, 4) is 0 Å². The van der Waals surface area contributed by atoms with Gasteiger partial charge in [-0.3, -0.25) is 4.79 Å². The number of nitrogens with one attached hydrogen (secondary N) is 1. The van der Waals surface area contributed by atoms with Crippen molar-refractivity contribution in [3.05, 3.63) is 28.8 Å². The molecule has 1 aliphatic rings. The van der Waals surface area contributed by atoms with Crippen molar-refractivity contribution in [1.29, 1.82) is 0 Å². The first-order chi connectivity index (χ1) is 12.3. The molecule has 0 unspecified atom stereocenters. The molecule has 0 saturated carbocycles. The first-order valence-corrected chi connectivity index (χ1v) is 10.8. The summed E-state index contributed by atoms with van der Waals surface area (Å²) in [6.45, 7) is 7.68. The fraction of sp³-hybridized carbons (Fsp3) is 0.632. The number of nitrogens with two attached hydrogens (primary N) is 1. The van der Waals surface area contributed by atoms with Crippen LogP contribution in [0, 0.1) is 26.7 Å². The van der Waals surface area contributed by atoms with E-state index < -0.39 is 10.0 Å². The zero-order chi connectivity index (χ0) is 19.3. The van der Waals surface area contributed by atoms with Crippen LogP contribution in [0.1, 0.15) is 42.4 Å². The molecule has 1 heterocycles. The molecule has 0 bridgehead atoms. The molecule has 1 aromatic rings. The van der Waals surface area contributed by atoms with Gasteiger partial charge in [-0.1, -0.05) is 17.7 Å². The molecule has 0 aliphatic carbocycles. The van der Waals surface area contributed by atoms with Crippen LogP contribution in [0.2, 0.25) is 0 Å². The molecule has 26 heavy (non-hydrogen) atoms. The van der Waals surface area contributed by atoms with Crippen LogP contribution in [-0.2, 0) is 14.8 Å². The van der Waals surface area contributed by atoms with E-state index in [1.165, 1.54) is 4.31 Å². The second kappa shape index (κ2) is 8.97. The molecule has 0 radical (unpaired) electrons. The maximum absolute atomic E-state index is 13.1. The van der Waals surface area contributed by atoms with E-state index in [0.29, 0.717) is 43.9 Å². The van der Waals surface area contributed by atoms with Crippen LogP contribution in [0.5, 0.6) is 0 Å². The number of hydrogen-bond acceptors (Lipinski definition) is 4. The van der Waals surface area contributed by atoms with Crippen molar-refractivity contribution < 1.29 is 13.2 Å². The molecule has 1 amide bonds. The molecule has 0 aromatic heterocycles. The number of piperidine rings is 1. The van der Waals surface area contributed by atoms with E-state index in [-0.39, 0.29) is 11.8 Å². The van der Waals surface area contributed by atoms with E-state index in [4.69, 9.17) is 5.73 Å². The summed E-state index contributed by atoms with van der Waals surface area (Å²) >= 11 is 0. The third-order valence-electron chi connectivity index (χ3n) is 4.96. The van der Waals surface area contributed by atoms with Gasteiger partial charge in [0, 0.05) is 25.6 Å². The number of carbonyl (C=O) groups is 1. The van der Waals surface area contributed by atoms with Gasteiger partial charge in [0.25, 0.3) is 0 Å². The maximum Gasteiger partial charge on any atom is 0.243 e. The number of unbranched alkanes of at least 4 members (excludes halogenated alkanes) is 1. The van der Waals surface area contributed by atoms with Gasteiger partial charge in [-0.15, -0.1) is 0 Å². The standard InChI is InChI=1S/C19H31N3O3S/c1-14-12-15(2)18(16(3)13-14)26(24,25)22-10-6-17(7-11-22)19(23)21-9-5-4-8-20/h12-13,17H,4-11,20H2,1-3H3,(H,21,23). The van der Waals surface area contributed by atoms with Crippen molar-refractivity contribution >= 4 is 15.9 Å². The smallest absolute Gasteiger partial charge is 0.243 e. The summed E-state index contributed by atoms with van der Waals surface area (Å²) in [6, 6.07) is 3.81. The Hall–Kier alpha value is -1.44. The highest BCUT2D eigenvalue weighted by atomic mass is 32.2. The van der Waals surface area contributed by atoms with Crippen molar-refractivity contribution in [2.24, 2.45) is 11.7 Å². The van der Waals surface area contributed by atoms with Gasteiger partial charge in [-0.25, -0.2) is 8.42 Å². The lowest BCUT2D eigenvalue weighted by Crippen LogP contribution is -2.43. The highest BCUT2D eigenvalue weighted by Gasteiger charge is 2.33. The lowest BCUT2D eigenvalue weighted by Gasteiger charge is -2.31. The SMILES string of the molecule is Cc1cc(C)c(S(=O)(=O)N2CCC(C(=O)NCCCCN)CC2)c(C)c1. The largest absolute Gasteiger partial charge is 0.356 e. The Balaban J connectivity index is 2.00. The highest BCUT2D eigenvalue weighted by molar-refractivity contribution is 7.89. The molecule has 1 saturated heterocycles. The average Bonchev–Trinajstić information content (AvgIpc) is 2.57. The van der Waals surface area contributed by atoms with Gasteiger partial charge >= 0.3 is 0 Å². The number of nitrogens with zero attached hydrogens (tertiary/aromatic N) is 1. The van der Waals surface area contributed by atoms with E-state index in [2.05, 4.69) is 5.32 Å². The fourth-order valence-electron chi connectivity index (χ4n) is 3.69. The number of hydrogen-bond donors (Lipinski definition) is 2. The molecule has 1 aliphatic heterocycles. The molecule has 6 nitrogen and oxygen atoms in total. The first-order valence-electron chi connectivity index (χ1n) is 9.33. The first kappa shape index (κ1) is 20.9. The number of carbonyl (C=O) groups excluding carboxylic acids is 1. The fourth-order valence-corrected chi connectivity index (χ4v) is 5.57. The van der Waals surface area contributed by atoms with Crippen LogP contribution in [0.3, 0.4) is 0 Å². The van der Waals surface area contributed by atoms with E-state index in [1.807, 2.05) is 32.9 Å². The van der Waals surface area contributed by atoms with Crippen LogP contribution in [-0.4, -0.2) is 44.8 Å². The molecule has 0 spiro atoms. The van der Waals surface area contributed by atoms with E-state index in [0.717, 1.165) is 29.5 Å². The molecule has 7 heteroatoms. The van der Waals surface area contributed by atoms with Crippen molar-refractivity contribution in [1.82, 2.24) is 9.62 Å². The number of benzene rings is 1. The van der Waals surface area contributed by atoms with E-state index in [9.17, 15) is 13.2 Å². The summed E-state index contributed by atoms with van der Waals surface area (Å²) in [7, 11) is -3.53. The van der Waals surface area contributed by atoms with Gasteiger partial charge in [0.1, 0.15) is 0 Å². The van der Waals surface area contributed by atoms with Crippen LogP contribution in [0.4, 0.5) is 0 Å². The number of amides is 1. The molecule has 1 aromatic carbocycles. The Labute approximate surface area is 157 Å². The summed E-state index contributed by atoms with van der Waals surface area (Å²) < 4.78 is 27.7. The molecule has 1 fully saturated rings. The zero-order valence-electron chi connectivity index (χ0n) is 16.0. The predicted octanol–water partition coefficient (Wildman–Crippen LogP) is 1.87. The summed E-state index contributed by atoms with van der Waals surface area (Å²) in [4.78, 5) is 12.6. The Morgan fingerprint density at radius 2 is 1.73 bits per heavy atom. The Kier molecular flexibility index (Phi) is 7.20. The van der Waals surface area contributed by atoms with Crippen molar-refractivity contribution in [2.45, 2.75) is 51.3 Å². The van der Waals surface area contributed by atoms with Crippen molar-refractivity contribution in [3.63, 3.8) is 0 Å².